The maximum atomic E-state index is 12.4. The molecule has 5 heteroatoms. The molecule has 1 saturated heterocycles. The van der Waals surface area contributed by atoms with Gasteiger partial charge in [0, 0.05) is 13.1 Å². The van der Waals surface area contributed by atoms with Crippen molar-refractivity contribution in [2.75, 3.05) is 13.1 Å². The first-order valence-electron chi connectivity index (χ1n) is 5.90. The fraction of sp³-hybridized carbons (Fsp3) is 0.538. The molecule has 2 rings (SSSR count). The first-order valence-corrected chi connectivity index (χ1v) is 5.90. The van der Waals surface area contributed by atoms with E-state index in [-0.39, 0.29) is 5.92 Å². The maximum absolute atomic E-state index is 12.4. The minimum atomic E-state index is -4.29. The summed E-state index contributed by atoms with van der Waals surface area (Å²) in [6.45, 7) is 3.02. The van der Waals surface area contributed by atoms with Gasteiger partial charge in [0.2, 0.25) is 0 Å². The van der Waals surface area contributed by atoms with Crippen LogP contribution in [-0.4, -0.2) is 23.8 Å². The number of rotatable bonds is 3. The van der Waals surface area contributed by atoms with Crippen molar-refractivity contribution in [1.82, 2.24) is 5.32 Å². The van der Waals surface area contributed by atoms with E-state index in [0.29, 0.717) is 19.5 Å². The lowest BCUT2D eigenvalue weighted by Gasteiger charge is -2.39. The van der Waals surface area contributed by atoms with Crippen molar-refractivity contribution in [3.05, 3.63) is 35.4 Å². The van der Waals surface area contributed by atoms with E-state index in [9.17, 15) is 18.3 Å². The highest BCUT2D eigenvalue weighted by atomic mass is 19.4. The monoisotopic (exact) mass is 259 g/mol. The van der Waals surface area contributed by atoms with Crippen LogP contribution in [0.2, 0.25) is 0 Å². The number of hydrogen-bond acceptors (Lipinski definition) is 2. The summed E-state index contributed by atoms with van der Waals surface area (Å²) < 4.78 is 37.2. The van der Waals surface area contributed by atoms with Crippen LogP contribution in [0.5, 0.6) is 0 Å². The summed E-state index contributed by atoms with van der Waals surface area (Å²) in [7, 11) is 0. The molecule has 1 fully saturated rings. The Hall–Kier alpha value is -1.07. The van der Waals surface area contributed by atoms with Crippen molar-refractivity contribution in [1.29, 1.82) is 0 Å². The normalized spacial score (nSPS) is 20.3. The molecule has 1 aromatic carbocycles. The molecule has 1 aliphatic heterocycles. The van der Waals surface area contributed by atoms with Gasteiger partial charge in [-0.05, 0) is 30.0 Å². The van der Waals surface area contributed by atoms with Crippen LogP contribution < -0.4 is 5.32 Å². The molecule has 0 saturated carbocycles. The zero-order valence-electron chi connectivity index (χ0n) is 10.1. The summed E-state index contributed by atoms with van der Waals surface area (Å²) in [6, 6.07) is 5.16. The molecule has 1 unspecified atom stereocenters. The van der Waals surface area contributed by atoms with Crippen LogP contribution in [0.15, 0.2) is 24.3 Å². The summed E-state index contributed by atoms with van der Waals surface area (Å²) in [5.74, 6) is 0.0411. The van der Waals surface area contributed by atoms with Gasteiger partial charge in [-0.3, -0.25) is 0 Å². The second-order valence-corrected chi connectivity index (χ2v) is 5.05. The van der Waals surface area contributed by atoms with Crippen LogP contribution in [0, 0.1) is 0 Å². The zero-order valence-corrected chi connectivity index (χ0v) is 10.1. The van der Waals surface area contributed by atoms with Crippen molar-refractivity contribution >= 4 is 0 Å². The Morgan fingerprint density at radius 3 is 2.22 bits per heavy atom. The summed E-state index contributed by atoms with van der Waals surface area (Å²) in [5.41, 5.74) is -0.520. The van der Waals surface area contributed by atoms with Crippen molar-refractivity contribution in [2.24, 2.45) is 0 Å². The van der Waals surface area contributed by atoms with Gasteiger partial charge in [-0.15, -0.1) is 0 Å². The number of alkyl halides is 3. The first-order chi connectivity index (χ1) is 8.30. The molecule has 2 N–H and O–H groups in total. The quantitative estimate of drug-likeness (QED) is 0.874. The van der Waals surface area contributed by atoms with Crippen LogP contribution in [0.25, 0.3) is 0 Å². The minimum absolute atomic E-state index is 0.0411. The molecule has 0 aliphatic carbocycles. The van der Waals surface area contributed by atoms with Gasteiger partial charge in [0.1, 0.15) is 0 Å². The van der Waals surface area contributed by atoms with E-state index in [1.165, 1.54) is 12.1 Å². The topological polar surface area (TPSA) is 32.3 Å². The van der Waals surface area contributed by atoms with E-state index >= 15 is 0 Å². The fourth-order valence-corrected chi connectivity index (χ4v) is 2.25. The van der Waals surface area contributed by atoms with Crippen LogP contribution >= 0.6 is 0 Å². The lowest BCUT2D eigenvalue weighted by Crippen LogP contribution is -2.59. The molecular formula is C13H16F3NO. The molecule has 2 nitrogen and oxygen atoms in total. The summed E-state index contributed by atoms with van der Waals surface area (Å²) in [6.07, 6.45) is -3.73. The Labute approximate surface area is 104 Å². The van der Waals surface area contributed by atoms with Gasteiger partial charge in [0.15, 0.2) is 0 Å². The molecule has 1 atom stereocenters. The predicted molar refractivity (Wildman–Crippen MR) is 62.3 cm³/mol. The molecule has 1 heterocycles. The third kappa shape index (κ3) is 2.84. The fourth-order valence-electron chi connectivity index (χ4n) is 2.25. The summed E-state index contributed by atoms with van der Waals surface area (Å²) >= 11 is 0. The zero-order chi connectivity index (χ0) is 13.4. The molecular weight excluding hydrogens is 243 g/mol. The number of benzene rings is 1. The van der Waals surface area contributed by atoms with Gasteiger partial charge in [0.25, 0.3) is 0 Å². The molecule has 1 aliphatic rings. The number of nitrogens with one attached hydrogen (secondary N) is 1. The molecule has 0 amide bonds. The maximum Gasteiger partial charge on any atom is 0.416 e. The molecule has 100 valence electrons. The van der Waals surface area contributed by atoms with Crippen LogP contribution in [0.1, 0.15) is 30.4 Å². The van der Waals surface area contributed by atoms with E-state index in [4.69, 9.17) is 0 Å². The Balaban J connectivity index is 2.05. The average Bonchev–Trinajstić information content (AvgIpc) is 2.26. The third-order valence-corrected chi connectivity index (χ3v) is 3.40. The van der Waals surface area contributed by atoms with Gasteiger partial charge in [0.05, 0.1) is 11.2 Å². The first kappa shape index (κ1) is 13.4. The van der Waals surface area contributed by atoms with Crippen molar-refractivity contribution in [3.8, 4) is 0 Å². The highest BCUT2D eigenvalue weighted by Gasteiger charge is 2.36. The molecule has 0 spiro atoms. The molecule has 0 bridgehead atoms. The SMILES string of the molecule is CC(CC1(O)CNC1)c1ccc(C(F)(F)F)cc1. The summed E-state index contributed by atoms with van der Waals surface area (Å²) in [5, 5.41) is 13.0. The number of hydrogen-bond donors (Lipinski definition) is 2. The highest BCUT2D eigenvalue weighted by Crippen LogP contribution is 2.32. The second kappa shape index (κ2) is 4.55. The standard InChI is InChI=1S/C13H16F3NO/c1-9(6-12(18)7-17-8-12)10-2-4-11(5-3-10)13(14,15)16/h2-5,9,17-18H,6-8H2,1H3. The Kier molecular flexibility index (Phi) is 3.38. The molecule has 18 heavy (non-hydrogen) atoms. The Morgan fingerprint density at radius 2 is 1.83 bits per heavy atom. The minimum Gasteiger partial charge on any atom is -0.387 e. The van der Waals surface area contributed by atoms with E-state index in [0.717, 1.165) is 17.7 Å². The third-order valence-electron chi connectivity index (χ3n) is 3.40. The lowest BCUT2D eigenvalue weighted by atomic mass is 9.83. The van der Waals surface area contributed by atoms with E-state index in [2.05, 4.69) is 5.32 Å². The smallest absolute Gasteiger partial charge is 0.387 e. The van der Waals surface area contributed by atoms with Crippen LogP contribution in [-0.2, 0) is 6.18 Å². The van der Waals surface area contributed by atoms with Crippen molar-refractivity contribution in [2.45, 2.75) is 31.0 Å². The Bertz CT molecular complexity index is 409. The average molecular weight is 259 g/mol. The molecule has 0 radical (unpaired) electrons. The molecule has 0 aromatic heterocycles. The van der Waals surface area contributed by atoms with Crippen LogP contribution in [0.4, 0.5) is 13.2 Å². The van der Waals surface area contributed by atoms with E-state index < -0.39 is 17.3 Å². The number of aliphatic hydroxyl groups is 1. The molecule has 1 aromatic rings. The van der Waals surface area contributed by atoms with Crippen LogP contribution in [0.3, 0.4) is 0 Å². The van der Waals surface area contributed by atoms with E-state index in [1.54, 1.807) is 0 Å². The summed E-state index contributed by atoms with van der Waals surface area (Å²) in [4.78, 5) is 0. The van der Waals surface area contributed by atoms with Gasteiger partial charge in [-0.1, -0.05) is 19.1 Å². The van der Waals surface area contributed by atoms with E-state index in [1.807, 2.05) is 6.92 Å². The predicted octanol–water partition coefficient (Wildman–Crippen LogP) is 2.53. The number of β-amino-alcohol motifs (C(OH)–C–C–N with tert-alkyl or cyclic N) is 1. The lowest BCUT2D eigenvalue weighted by molar-refractivity contribution is -0.137. The van der Waals surface area contributed by atoms with Crippen molar-refractivity contribution < 1.29 is 18.3 Å². The second-order valence-electron chi connectivity index (χ2n) is 5.05. The van der Waals surface area contributed by atoms with Gasteiger partial charge >= 0.3 is 6.18 Å². The van der Waals surface area contributed by atoms with Gasteiger partial charge in [-0.2, -0.15) is 13.2 Å². The van der Waals surface area contributed by atoms with Gasteiger partial charge < -0.3 is 10.4 Å². The number of halogens is 3. The van der Waals surface area contributed by atoms with Crippen molar-refractivity contribution in [3.63, 3.8) is 0 Å². The largest absolute Gasteiger partial charge is 0.416 e. The highest BCUT2D eigenvalue weighted by molar-refractivity contribution is 5.27. The Morgan fingerprint density at radius 1 is 1.28 bits per heavy atom. The van der Waals surface area contributed by atoms with Gasteiger partial charge in [-0.25, -0.2) is 0 Å².